The normalized spacial score (nSPS) is 20.2. The molecule has 1 amide bonds. The van der Waals surface area contributed by atoms with E-state index in [9.17, 15) is 4.79 Å². The molecule has 0 aliphatic carbocycles. The van der Waals surface area contributed by atoms with E-state index in [0.717, 1.165) is 38.8 Å². The SMILES string of the molecule is CC(C)C[C@H](N)C(=O)N1CCCC(c2ccccc2)CC1.Cl. The van der Waals surface area contributed by atoms with Crippen LogP contribution in [0.25, 0.3) is 0 Å². The standard InChI is InChI=1S/C18H28N2O.ClH/c1-14(2)13-17(19)18(21)20-11-6-9-16(10-12-20)15-7-4-3-5-8-15;/h3-5,7-8,14,16-17H,6,9-13,19H2,1-2H3;1H/t16?,17-;/m0./s1. The minimum absolute atomic E-state index is 0. The largest absolute Gasteiger partial charge is 0.341 e. The van der Waals surface area contributed by atoms with Crippen LogP contribution < -0.4 is 5.73 Å². The molecule has 0 saturated carbocycles. The van der Waals surface area contributed by atoms with Crippen LogP contribution >= 0.6 is 12.4 Å². The van der Waals surface area contributed by atoms with Crippen LogP contribution in [0.5, 0.6) is 0 Å². The molecular weight excluding hydrogens is 296 g/mol. The zero-order valence-electron chi connectivity index (χ0n) is 13.7. The molecule has 22 heavy (non-hydrogen) atoms. The molecule has 0 bridgehead atoms. The third-order valence-electron chi connectivity index (χ3n) is 4.35. The van der Waals surface area contributed by atoms with Crippen molar-refractivity contribution in [2.45, 2.75) is 51.5 Å². The van der Waals surface area contributed by atoms with Gasteiger partial charge in [0.25, 0.3) is 0 Å². The zero-order chi connectivity index (χ0) is 15.2. The fraction of sp³-hybridized carbons (Fsp3) is 0.611. The van der Waals surface area contributed by atoms with Gasteiger partial charge in [0.15, 0.2) is 0 Å². The fourth-order valence-corrected chi connectivity index (χ4v) is 3.22. The van der Waals surface area contributed by atoms with E-state index in [4.69, 9.17) is 5.73 Å². The van der Waals surface area contributed by atoms with Crippen molar-refractivity contribution in [2.75, 3.05) is 13.1 Å². The van der Waals surface area contributed by atoms with Crippen LogP contribution in [0, 0.1) is 5.92 Å². The van der Waals surface area contributed by atoms with E-state index in [2.05, 4.69) is 44.2 Å². The predicted octanol–water partition coefficient (Wildman–Crippen LogP) is 3.58. The molecular formula is C18H29ClN2O. The van der Waals surface area contributed by atoms with E-state index >= 15 is 0 Å². The Balaban J connectivity index is 0.00000242. The van der Waals surface area contributed by atoms with E-state index in [1.54, 1.807) is 0 Å². The number of amides is 1. The Morgan fingerprint density at radius 1 is 1.23 bits per heavy atom. The first-order valence-corrected chi connectivity index (χ1v) is 8.17. The maximum atomic E-state index is 12.4. The number of carbonyl (C=O) groups is 1. The van der Waals surface area contributed by atoms with Gasteiger partial charge in [0.05, 0.1) is 6.04 Å². The average molecular weight is 325 g/mol. The molecule has 124 valence electrons. The second-order valence-corrected chi connectivity index (χ2v) is 6.60. The zero-order valence-corrected chi connectivity index (χ0v) is 14.5. The first-order chi connectivity index (χ1) is 10.1. The predicted molar refractivity (Wildman–Crippen MR) is 94.3 cm³/mol. The van der Waals surface area contributed by atoms with Gasteiger partial charge in [0, 0.05) is 13.1 Å². The lowest BCUT2D eigenvalue weighted by molar-refractivity contribution is -0.132. The summed E-state index contributed by atoms with van der Waals surface area (Å²) in [6.45, 7) is 5.92. The molecule has 1 unspecified atom stereocenters. The highest BCUT2D eigenvalue weighted by Gasteiger charge is 2.25. The summed E-state index contributed by atoms with van der Waals surface area (Å²) in [5.74, 6) is 1.18. The molecule has 0 aromatic heterocycles. The molecule has 1 aliphatic rings. The van der Waals surface area contributed by atoms with Gasteiger partial charge in [-0.1, -0.05) is 44.2 Å². The molecule has 1 saturated heterocycles. The summed E-state index contributed by atoms with van der Waals surface area (Å²) in [6.07, 6.45) is 4.05. The van der Waals surface area contributed by atoms with E-state index in [1.807, 2.05) is 4.90 Å². The van der Waals surface area contributed by atoms with Gasteiger partial charge in [-0.3, -0.25) is 4.79 Å². The highest BCUT2D eigenvalue weighted by molar-refractivity contribution is 5.85. The maximum Gasteiger partial charge on any atom is 0.239 e. The van der Waals surface area contributed by atoms with Crippen molar-refractivity contribution in [3.05, 3.63) is 35.9 Å². The Labute approximate surface area is 140 Å². The van der Waals surface area contributed by atoms with Crippen molar-refractivity contribution < 1.29 is 4.79 Å². The van der Waals surface area contributed by atoms with Gasteiger partial charge >= 0.3 is 0 Å². The number of nitrogens with two attached hydrogens (primary N) is 1. The molecule has 1 aromatic carbocycles. The molecule has 3 nitrogen and oxygen atoms in total. The van der Waals surface area contributed by atoms with Gasteiger partial charge in [-0.25, -0.2) is 0 Å². The Kier molecular flexibility index (Phi) is 7.91. The van der Waals surface area contributed by atoms with Crippen LogP contribution in [0.15, 0.2) is 30.3 Å². The summed E-state index contributed by atoms with van der Waals surface area (Å²) < 4.78 is 0. The smallest absolute Gasteiger partial charge is 0.239 e. The molecule has 1 aliphatic heterocycles. The summed E-state index contributed by atoms with van der Waals surface area (Å²) >= 11 is 0. The van der Waals surface area contributed by atoms with Crippen molar-refractivity contribution in [1.82, 2.24) is 4.90 Å². The monoisotopic (exact) mass is 324 g/mol. The van der Waals surface area contributed by atoms with Gasteiger partial charge in [-0.15, -0.1) is 12.4 Å². The molecule has 2 atom stereocenters. The topological polar surface area (TPSA) is 46.3 Å². The second kappa shape index (κ2) is 9.16. The van der Waals surface area contributed by atoms with Crippen molar-refractivity contribution in [3.63, 3.8) is 0 Å². The molecule has 2 rings (SSSR count). The number of benzene rings is 1. The van der Waals surface area contributed by atoms with Crippen LogP contribution in [0.3, 0.4) is 0 Å². The number of likely N-dealkylation sites (tertiary alicyclic amines) is 1. The van der Waals surface area contributed by atoms with Gasteiger partial charge < -0.3 is 10.6 Å². The first kappa shape index (κ1) is 19.0. The number of hydrogen-bond donors (Lipinski definition) is 1. The van der Waals surface area contributed by atoms with Crippen LogP contribution in [0.1, 0.15) is 51.0 Å². The Morgan fingerprint density at radius 2 is 1.91 bits per heavy atom. The molecule has 1 heterocycles. The lowest BCUT2D eigenvalue weighted by atomic mass is 9.92. The van der Waals surface area contributed by atoms with Crippen LogP contribution in [0.4, 0.5) is 0 Å². The Bertz CT molecular complexity index is 450. The average Bonchev–Trinajstić information content (AvgIpc) is 2.72. The van der Waals surface area contributed by atoms with Crippen LogP contribution in [-0.4, -0.2) is 29.9 Å². The number of hydrogen-bond acceptors (Lipinski definition) is 2. The summed E-state index contributed by atoms with van der Waals surface area (Å²) in [7, 11) is 0. The van der Waals surface area contributed by atoms with Gasteiger partial charge in [0.1, 0.15) is 0 Å². The Hall–Kier alpha value is -1.06. The maximum absolute atomic E-state index is 12.4. The van der Waals surface area contributed by atoms with E-state index in [1.165, 1.54) is 5.56 Å². The summed E-state index contributed by atoms with van der Waals surface area (Å²) in [5, 5.41) is 0. The highest BCUT2D eigenvalue weighted by Crippen LogP contribution is 2.28. The first-order valence-electron chi connectivity index (χ1n) is 8.17. The van der Waals surface area contributed by atoms with E-state index < -0.39 is 0 Å². The van der Waals surface area contributed by atoms with Gasteiger partial charge in [-0.05, 0) is 43.1 Å². The minimum Gasteiger partial charge on any atom is -0.341 e. The molecule has 4 heteroatoms. The van der Waals surface area contributed by atoms with Gasteiger partial charge in [-0.2, -0.15) is 0 Å². The van der Waals surface area contributed by atoms with Crippen molar-refractivity contribution in [3.8, 4) is 0 Å². The Morgan fingerprint density at radius 3 is 2.55 bits per heavy atom. The highest BCUT2D eigenvalue weighted by atomic mass is 35.5. The summed E-state index contributed by atoms with van der Waals surface area (Å²) in [5.41, 5.74) is 7.46. The summed E-state index contributed by atoms with van der Waals surface area (Å²) in [6, 6.07) is 10.3. The van der Waals surface area contributed by atoms with Crippen molar-refractivity contribution in [1.29, 1.82) is 0 Å². The number of halogens is 1. The van der Waals surface area contributed by atoms with Crippen molar-refractivity contribution in [2.24, 2.45) is 11.7 Å². The van der Waals surface area contributed by atoms with Crippen LogP contribution in [-0.2, 0) is 4.79 Å². The lowest BCUT2D eigenvalue weighted by Crippen LogP contribution is -2.44. The number of nitrogens with zero attached hydrogens (tertiary/aromatic N) is 1. The van der Waals surface area contributed by atoms with Gasteiger partial charge in [0.2, 0.25) is 5.91 Å². The molecule has 0 radical (unpaired) electrons. The molecule has 2 N–H and O–H groups in total. The molecule has 1 fully saturated rings. The van der Waals surface area contributed by atoms with E-state index in [-0.39, 0.29) is 24.4 Å². The minimum atomic E-state index is -0.335. The number of carbonyl (C=O) groups excluding carboxylic acids is 1. The quantitative estimate of drug-likeness (QED) is 0.920. The second-order valence-electron chi connectivity index (χ2n) is 6.60. The third-order valence-corrected chi connectivity index (χ3v) is 4.35. The third kappa shape index (κ3) is 5.29. The van der Waals surface area contributed by atoms with E-state index in [0.29, 0.717) is 11.8 Å². The molecule has 0 spiro atoms. The fourth-order valence-electron chi connectivity index (χ4n) is 3.22. The summed E-state index contributed by atoms with van der Waals surface area (Å²) in [4.78, 5) is 14.4. The van der Waals surface area contributed by atoms with Crippen molar-refractivity contribution >= 4 is 18.3 Å². The lowest BCUT2D eigenvalue weighted by Gasteiger charge is -2.25. The molecule has 1 aromatic rings. The van der Waals surface area contributed by atoms with Crippen LogP contribution in [0.2, 0.25) is 0 Å². The number of rotatable bonds is 4.